The summed E-state index contributed by atoms with van der Waals surface area (Å²) in [6, 6.07) is 10.3. The highest BCUT2D eigenvalue weighted by molar-refractivity contribution is 7.15. The van der Waals surface area contributed by atoms with Crippen molar-refractivity contribution in [3.05, 3.63) is 79.6 Å². The van der Waals surface area contributed by atoms with Crippen molar-refractivity contribution >= 4 is 44.9 Å². The fraction of sp³-hybridized carbons (Fsp3) is 0.217. The summed E-state index contributed by atoms with van der Waals surface area (Å²) in [5, 5.41) is 20.1. The van der Waals surface area contributed by atoms with Crippen LogP contribution < -0.4 is 10.3 Å². The number of aromatic nitrogens is 2. The van der Waals surface area contributed by atoms with E-state index < -0.39 is 11.9 Å². The summed E-state index contributed by atoms with van der Waals surface area (Å²) in [6.45, 7) is 4.16. The molecule has 5 rings (SSSR count). The van der Waals surface area contributed by atoms with Crippen LogP contribution in [-0.2, 0) is 6.42 Å². The van der Waals surface area contributed by atoms with Gasteiger partial charge in [0.05, 0.1) is 17.0 Å². The largest absolute Gasteiger partial charge is 0.508 e. The average molecular weight is 468 g/mol. The topological polar surface area (TPSA) is 96.5 Å². The second-order valence-electron chi connectivity index (χ2n) is 8.06. The third-order valence-electron chi connectivity index (χ3n) is 5.29. The summed E-state index contributed by atoms with van der Waals surface area (Å²) >= 11 is 7.42. The van der Waals surface area contributed by atoms with Crippen LogP contribution >= 0.6 is 22.9 Å². The van der Waals surface area contributed by atoms with Gasteiger partial charge in [-0.15, -0.1) is 10.2 Å². The molecular formula is C23H18ClN3O4S. The fourth-order valence-corrected chi connectivity index (χ4v) is 5.14. The molecule has 0 aliphatic carbocycles. The number of rotatable bonds is 4. The molecule has 9 heteroatoms. The number of nitrogens with zero attached hydrogens (tertiary/aromatic N) is 3. The number of hydrogen-bond acceptors (Lipinski definition) is 7. The average Bonchev–Trinajstić information content (AvgIpc) is 3.31. The zero-order valence-corrected chi connectivity index (χ0v) is 18.8. The summed E-state index contributed by atoms with van der Waals surface area (Å²) < 4.78 is 5.91. The van der Waals surface area contributed by atoms with Crippen molar-refractivity contribution in [2.24, 2.45) is 5.92 Å². The first-order valence-corrected chi connectivity index (χ1v) is 11.2. The first-order chi connectivity index (χ1) is 15.3. The van der Waals surface area contributed by atoms with Gasteiger partial charge in [0.25, 0.3) is 5.91 Å². The maximum Gasteiger partial charge on any atom is 0.297 e. The second kappa shape index (κ2) is 7.72. The number of fused-ring (bicyclic) bond motifs is 2. The van der Waals surface area contributed by atoms with Crippen molar-refractivity contribution in [2.45, 2.75) is 26.3 Å². The van der Waals surface area contributed by atoms with Gasteiger partial charge in [-0.25, -0.2) is 0 Å². The molecule has 0 spiro atoms. The van der Waals surface area contributed by atoms with E-state index in [2.05, 4.69) is 24.0 Å². The van der Waals surface area contributed by atoms with Gasteiger partial charge in [0.1, 0.15) is 16.3 Å². The molecule has 1 N–H and O–H groups in total. The van der Waals surface area contributed by atoms with Crippen molar-refractivity contribution in [1.82, 2.24) is 10.2 Å². The van der Waals surface area contributed by atoms with Crippen LogP contribution in [0.4, 0.5) is 5.13 Å². The van der Waals surface area contributed by atoms with Crippen molar-refractivity contribution < 1.29 is 14.3 Å². The number of benzene rings is 2. The predicted octanol–water partition coefficient (Wildman–Crippen LogP) is 4.95. The molecule has 32 heavy (non-hydrogen) atoms. The fourth-order valence-electron chi connectivity index (χ4n) is 3.89. The zero-order chi connectivity index (χ0) is 22.6. The molecule has 0 unspecified atom stereocenters. The quantitative estimate of drug-likeness (QED) is 0.456. The lowest BCUT2D eigenvalue weighted by Crippen LogP contribution is -2.29. The van der Waals surface area contributed by atoms with Crippen LogP contribution in [0.5, 0.6) is 5.75 Å². The van der Waals surface area contributed by atoms with Gasteiger partial charge in [-0.1, -0.05) is 48.9 Å². The molecule has 1 atom stereocenters. The molecule has 7 nitrogen and oxygen atoms in total. The van der Waals surface area contributed by atoms with E-state index in [9.17, 15) is 14.7 Å². The number of hydrogen-bond donors (Lipinski definition) is 1. The zero-order valence-electron chi connectivity index (χ0n) is 17.2. The lowest BCUT2D eigenvalue weighted by molar-refractivity contribution is 0.0970. The molecule has 2 aromatic carbocycles. The number of aromatic hydroxyl groups is 1. The predicted molar refractivity (Wildman–Crippen MR) is 123 cm³/mol. The van der Waals surface area contributed by atoms with Crippen LogP contribution in [0.25, 0.3) is 11.0 Å². The van der Waals surface area contributed by atoms with Gasteiger partial charge >= 0.3 is 0 Å². The maximum atomic E-state index is 13.5. The van der Waals surface area contributed by atoms with E-state index in [1.54, 1.807) is 24.3 Å². The Morgan fingerprint density at radius 1 is 1.16 bits per heavy atom. The SMILES string of the molecule is CC(C)Cc1nnc(N2C(=O)c3oc4ccc(Cl)cc4c(=O)c3[C@@H]2c2ccc(O)cc2)s1. The standard InChI is InChI=1S/C23H18ClN3O4S/c1-11(2)9-17-25-26-23(32-17)27-19(12-3-6-14(28)7-4-12)18-20(29)15-10-13(24)5-8-16(15)31-21(18)22(27)30/h3-8,10-11,19,28H,9H2,1-2H3/t19-/m0/s1. The highest BCUT2D eigenvalue weighted by Crippen LogP contribution is 2.42. The van der Waals surface area contributed by atoms with E-state index in [4.69, 9.17) is 16.0 Å². The highest BCUT2D eigenvalue weighted by Gasteiger charge is 2.45. The Morgan fingerprint density at radius 2 is 1.91 bits per heavy atom. The number of phenols is 1. The van der Waals surface area contributed by atoms with Crippen molar-refractivity contribution in [2.75, 3.05) is 4.90 Å². The number of halogens is 1. The van der Waals surface area contributed by atoms with Crippen molar-refractivity contribution in [1.29, 1.82) is 0 Å². The smallest absolute Gasteiger partial charge is 0.297 e. The van der Waals surface area contributed by atoms with E-state index in [-0.39, 0.29) is 28.1 Å². The Kier molecular flexibility index (Phi) is 4.98. The first kappa shape index (κ1) is 20.7. The minimum absolute atomic E-state index is 0.0245. The van der Waals surface area contributed by atoms with Gasteiger partial charge in [0, 0.05) is 11.4 Å². The molecule has 0 saturated heterocycles. The van der Waals surface area contributed by atoms with Crippen LogP contribution in [0.2, 0.25) is 5.02 Å². The van der Waals surface area contributed by atoms with E-state index in [1.807, 2.05) is 0 Å². The number of carbonyl (C=O) groups is 1. The molecule has 1 amide bonds. The molecule has 0 fully saturated rings. The number of carbonyl (C=O) groups excluding carboxylic acids is 1. The Bertz CT molecular complexity index is 1410. The first-order valence-electron chi connectivity index (χ1n) is 10.0. The van der Waals surface area contributed by atoms with Gasteiger partial charge in [-0.3, -0.25) is 14.5 Å². The summed E-state index contributed by atoms with van der Waals surface area (Å²) in [7, 11) is 0. The highest BCUT2D eigenvalue weighted by atomic mass is 35.5. The van der Waals surface area contributed by atoms with Crippen LogP contribution in [0.15, 0.2) is 51.7 Å². The third-order valence-corrected chi connectivity index (χ3v) is 6.47. The minimum Gasteiger partial charge on any atom is -0.508 e. The van der Waals surface area contributed by atoms with Crippen LogP contribution in [0.1, 0.15) is 46.6 Å². The Balaban J connectivity index is 1.74. The van der Waals surface area contributed by atoms with Crippen LogP contribution in [0.3, 0.4) is 0 Å². The molecular weight excluding hydrogens is 450 g/mol. The summed E-state index contributed by atoms with van der Waals surface area (Å²) in [6.07, 6.45) is 0.732. The monoisotopic (exact) mass is 467 g/mol. The second-order valence-corrected chi connectivity index (χ2v) is 9.54. The van der Waals surface area contributed by atoms with E-state index in [1.165, 1.54) is 34.4 Å². The van der Waals surface area contributed by atoms with E-state index >= 15 is 0 Å². The number of anilines is 1. The van der Waals surface area contributed by atoms with Crippen LogP contribution in [0, 0.1) is 5.92 Å². The van der Waals surface area contributed by atoms with Gasteiger partial charge in [-0.2, -0.15) is 0 Å². The van der Waals surface area contributed by atoms with Gasteiger partial charge in [-0.05, 0) is 41.8 Å². The molecule has 0 bridgehead atoms. The number of amides is 1. The number of phenolic OH excluding ortho intramolecular Hbond substituents is 1. The third kappa shape index (κ3) is 3.36. The van der Waals surface area contributed by atoms with Crippen molar-refractivity contribution in [3.8, 4) is 5.75 Å². The van der Waals surface area contributed by atoms with Crippen molar-refractivity contribution in [3.63, 3.8) is 0 Å². The summed E-state index contributed by atoms with van der Waals surface area (Å²) in [5.41, 5.74) is 0.820. The molecule has 162 valence electrons. The van der Waals surface area contributed by atoms with Crippen LogP contribution in [-0.4, -0.2) is 21.2 Å². The molecule has 0 saturated carbocycles. The minimum atomic E-state index is -0.766. The van der Waals surface area contributed by atoms with Gasteiger partial charge < -0.3 is 9.52 Å². The molecule has 1 aliphatic rings. The Labute approximate surface area is 191 Å². The molecule has 2 aromatic heterocycles. The maximum absolute atomic E-state index is 13.5. The lowest BCUT2D eigenvalue weighted by Gasteiger charge is -2.22. The van der Waals surface area contributed by atoms with E-state index in [0.717, 1.165) is 11.4 Å². The van der Waals surface area contributed by atoms with Gasteiger partial charge in [0.15, 0.2) is 5.43 Å². The summed E-state index contributed by atoms with van der Waals surface area (Å²) in [5.74, 6) is -0.0199. The Hall–Kier alpha value is -3.23. The lowest BCUT2D eigenvalue weighted by atomic mass is 9.98. The Morgan fingerprint density at radius 3 is 2.62 bits per heavy atom. The molecule has 0 radical (unpaired) electrons. The molecule has 4 aromatic rings. The van der Waals surface area contributed by atoms with E-state index in [0.29, 0.717) is 27.0 Å². The normalized spacial score (nSPS) is 15.7. The van der Waals surface area contributed by atoms with Gasteiger partial charge in [0.2, 0.25) is 10.9 Å². The molecule has 3 heterocycles. The summed E-state index contributed by atoms with van der Waals surface area (Å²) in [4.78, 5) is 28.5. The molecule has 1 aliphatic heterocycles.